The summed E-state index contributed by atoms with van der Waals surface area (Å²) >= 11 is 0. The number of carbonyl (C=O) groups excluding carboxylic acids is 1. The first-order valence-electron chi connectivity index (χ1n) is 15.8. The number of nitrogens with zero attached hydrogens (tertiary/aromatic N) is 2. The molecule has 46 heavy (non-hydrogen) atoms. The fraction of sp³-hybridized carbons (Fsp3) is 0.143. The summed E-state index contributed by atoms with van der Waals surface area (Å²) in [6, 6.07) is 43.2. The van der Waals surface area contributed by atoms with Crippen LogP contribution < -0.4 is 9.80 Å². The van der Waals surface area contributed by atoms with Gasteiger partial charge in [0.25, 0.3) is 0 Å². The molecule has 0 unspecified atom stereocenters. The summed E-state index contributed by atoms with van der Waals surface area (Å²) in [5.41, 5.74) is 16.7. The number of rotatable bonds is 8. The first kappa shape index (κ1) is 30.8. The zero-order chi connectivity index (χ0) is 32.4. The first-order valence-corrected chi connectivity index (χ1v) is 15.8. The normalized spacial score (nSPS) is 10.8. The van der Waals surface area contributed by atoms with Gasteiger partial charge in [0.2, 0.25) is 0 Å². The van der Waals surface area contributed by atoms with Crippen LogP contribution in [0.2, 0.25) is 0 Å². The third-order valence-corrected chi connectivity index (χ3v) is 8.63. The van der Waals surface area contributed by atoms with E-state index in [-0.39, 0.29) is 0 Å². The molecule has 0 atom stereocenters. The Morgan fingerprint density at radius 1 is 0.500 bits per heavy atom. The molecule has 4 heteroatoms. The van der Waals surface area contributed by atoms with E-state index < -0.39 is 0 Å². The third kappa shape index (κ3) is 6.30. The molecule has 0 radical (unpaired) electrons. The predicted molar refractivity (Wildman–Crippen MR) is 196 cm³/mol. The number of hydrogen-bond acceptors (Lipinski definition) is 3. The molecule has 0 bridgehead atoms. The molecule has 0 amide bonds. The summed E-state index contributed by atoms with van der Waals surface area (Å²) in [5.74, 6) is 0. The van der Waals surface area contributed by atoms with Crippen LogP contribution in [0.1, 0.15) is 43.6 Å². The van der Waals surface area contributed by atoms with Crippen LogP contribution in [-0.2, 0) is 0 Å². The first-order chi connectivity index (χ1) is 22.2. The van der Waals surface area contributed by atoms with Gasteiger partial charge in [-0.25, -0.2) is 0 Å². The Labute approximate surface area is 274 Å². The summed E-state index contributed by atoms with van der Waals surface area (Å²) < 4.78 is 0. The SMILES string of the molecule is Cc1bc(N(c2cccc(C)c2)c2ccc(-c3ccc(N(c4cccc(C)c4)c4ccc(C=O)c(C)c4)c(C)c3)cc2C)ccc1. The average Bonchev–Trinajstić information content (AvgIpc) is 3.03. The minimum absolute atomic E-state index is 0.710. The van der Waals surface area contributed by atoms with Gasteiger partial charge in [-0.2, -0.15) is 0 Å². The summed E-state index contributed by atoms with van der Waals surface area (Å²) in [6.45, 7) is 15.0. The van der Waals surface area contributed by atoms with Crippen molar-refractivity contribution in [2.24, 2.45) is 0 Å². The molecule has 0 aliphatic heterocycles. The van der Waals surface area contributed by atoms with Gasteiger partial charge in [0.05, 0.1) is 0 Å². The van der Waals surface area contributed by atoms with Crippen LogP contribution in [0.15, 0.2) is 121 Å². The molecule has 0 N–H and O–H groups in total. The summed E-state index contributed by atoms with van der Waals surface area (Å²) in [4.78, 5) is 16.2. The van der Waals surface area contributed by atoms with Crippen molar-refractivity contribution in [3.05, 3.63) is 160 Å². The predicted octanol–water partition coefficient (Wildman–Crippen LogP) is 11.3. The van der Waals surface area contributed by atoms with Crippen molar-refractivity contribution in [1.29, 1.82) is 0 Å². The number of aldehydes is 1. The molecule has 0 saturated heterocycles. The van der Waals surface area contributed by atoms with E-state index >= 15 is 0 Å². The number of aryl methyl sites for hydroxylation is 6. The third-order valence-electron chi connectivity index (χ3n) is 8.63. The average molecular weight is 599 g/mol. The van der Waals surface area contributed by atoms with Crippen molar-refractivity contribution in [1.82, 2.24) is 0 Å². The zero-order valence-corrected chi connectivity index (χ0v) is 27.5. The van der Waals surface area contributed by atoms with E-state index in [1.807, 2.05) is 19.1 Å². The molecule has 5 aromatic carbocycles. The Morgan fingerprint density at radius 3 is 1.57 bits per heavy atom. The quantitative estimate of drug-likeness (QED) is 0.163. The second-order valence-electron chi connectivity index (χ2n) is 12.3. The van der Waals surface area contributed by atoms with Gasteiger partial charge in [-0.05, 0) is 55.3 Å². The van der Waals surface area contributed by atoms with Crippen LogP contribution in [0.3, 0.4) is 0 Å². The van der Waals surface area contributed by atoms with Crippen molar-refractivity contribution >= 4 is 47.2 Å². The van der Waals surface area contributed by atoms with Crippen molar-refractivity contribution < 1.29 is 4.79 Å². The van der Waals surface area contributed by atoms with Crippen LogP contribution >= 0.6 is 0 Å². The van der Waals surface area contributed by atoms with E-state index in [9.17, 15) is 4.79 Å². The number of benzene rings is 5. The van der Waals surface area contributed by atoms with Gasteiger partial charge in [-0.15, -0.1) is 0 Å². The van der Waals surface area contributed by atoms with Gasteiger partial charge < -0.3 is 0 Å². The van der Waals surface area contributed by atoms with Crippen molar-refractivity contribution in [2.45, 2.75) is 41.5 Å². The molecule has 3 nitrogen and oxygen atoms in total. The van der Waals surface area contributed by atoms with Gasteiger partial charge in [0.1, 0.15) is 6.29 Å². The fourth-order valence-corrected chi connectivity index (χ4v) is 6.26. The van der Waals surface area contributed by atoms with Gasteiger partial charge in [0, 0.05) is 5.56 Å². The van der Waals surface area contributed by atoms with E-state index in [2.05, 4.69) is 161 Å². The molecule has 1 heterocycles. The molecule has 226 valence electrons. The molecule has 0 saturated carbocycles. The maximum absolute atomic E-state index is 11.6. The van der Waals surface area contributed by atoms with E-state index in [4.69, 9.17) is 0 Å². The summed E-state index contributed by atoms with van der Waals surface area (Å²) in [7, 11) is 0. The van der Waals surface area contributed by atoms with Crippen molar-refractivity contribution in [3.8, 4) is 11.1 Å². The van der Waals surface area contributed by atoms with E-state index in [1.165, 1.54) is 38.8 Å². The molecule has 6 rings (SSSR count). The van der Waals surface area contributed by atoms with Gasteiger partial charge in [0.15, 0.2) is 0 Å². The number of carbonyl (C=O) groups is 1. The Hall–Kier alpha value is -5.22. The van der Waals surface area contributed by atoms with Gasteiger partial charge in [-0.1, -0.05) is 12.1 Å². The van der Waals surface area contributed by atoms with Gasteiger partial charge in [-0.3, -0.25) is 4.79 Å². The number of hydrogen-bond donors (Lipinski definition) is 0. The molecule has 0 spiro atoms. The van der Waals surface area contributed by atoms with Crippen LogP contribution in [0.5, 0.6) is 0 Å². The second-order valence-corrected chi connectivity index (χ2v) is 12.3. The van der Waals surface area contributed by atoms with Crippen LogP contribution in [-0.4, -0.2) is 13.2 Å². The Kier molecular flexibility index (Phi) is 8.72. The molecule has 6 aromatic rings. The van der Waals surface area contributed by atoms with E-state index in [1.54, 1.807) is 0 Å². The van der Waals surface area contributed by atoms with Crippen molar-refractivity contribution in [2.75, 3.05) is 9.80 Å². The van der Waals surface area contributed by atoms with E-state index in [0.29, 0.717) is 5.56 Å². The van der Waals surface area contributed by atoms with Crippen LogP contribution in [0, 0.1) is 41.5 Å². The summed E-state index contributed by atoms with van der Waals surface area (Å²) in [6.07, 6.45) is 0.921. The minimum atomic E-state index is 0.710. The monoisotopic (exact) mass is 598 g/mol. The Bertz CT molecular complexity index is 2020. The molecular formula is C42H39BN2O. The van der Waals surface area contributed by atoms with E-state index in [0.717, 1.165) is 45.9 Å². The van der Waals surface area contributed by atoms with Crippen molar-refractivity contribution in [3.63, 3.8) is 0 Å². The molecule has 0 aliphatic rings. The summed E-state index contributed by atoms with van der Waals surface area (Å²) in [5, 5.41) is 0. The zero-order valence-electron chi connectivity index (χ0n) is 27.5. The molecule has 0 aliphatic carbocycles. The Morgan fingerprint density at radius 2 is 1.04 bits per heavy atom. The number of anilines is 6. The second kappa shape index (κ2) is 13.0. The molecule has 1 aromatic heterocycles. The van der Waals surface area contributed by atoms with Crippen LogP contribution in [0.4, 0.5) is 34.0 Å². The standard InChI is InChI=1S/C42H39BN2O/c1-28-10-7-13-37(22-28)44(39-19-16-36(27-46)30(3)26-39)40-20-17-34(24-31(40)4)35-18-21-41(32(5)25-35)45(38-14-8-11-29(2)23-38)42-15-9-12-33(6)43-42/h7-27H,1-6H3. The van der Waals surface area contributed by atoms with Gasteiger partial charge >= 0.3 is 191 Å². The topological polar surface area (TPSA) is 23.6 Å². The Balaban J connectivity index is 1.40. The molecule has 0 fully saturated rings. The van der Waals surface area contributed by atoms with Crippen LogP contribution in [0.25, 0.3) is 11.1 Å². The fourth-order valence-electron chi connectivity index (χ4n) is 6.26. The maximum atomic E-state index is 11.6. The molecular weight excluding hydrogens is 559 g/mol.